The largest absolute Gasteiger partial charge is 0.369 e. The molecule has 2 amide bonds. The van der Waals surface area contributed by atoms with Crippen molar-refractivity contribution in [3.8, 4) is 0 Å². The van der Waals surface area contributed by atoms with Crippen LogP contribution in [0.1, 0.15) is 26.2 Å². The molecule has 0 aromatic carbocycles. The van der Waals surface area contributed by atoms with Gasteiger partial charge in [0.1, 0.15) is 0 Å². The quantitative estimate of drug-likeness (QED) is 0.649. The van der Waals surface area contributed by atoms with Crippen LogP contribution >= 0.6 is 0 Å². The van der Waals surface area contributed by atoms with Crippen LogP contribution in [0.25, 0.3) is 0 Å². The van der Waals surface area contributed by atoms with Gasteiger partial charge in [0, 0.05) is 18.4 Å². The molecule has 1 rings (SSSR count). The predicted octanol–water partition coefficient (Wildman–Crippen LogP) is 0.0241. The van der Waals surface area contributed by atoms with Crippen molar-refractivity contribution in [2.45, 2.75) is 26.2 Å². The standard InChI is InChI=1S/C9H16N2O2/c1-2-11-9(13)7-4-3-6(5-7)8(10)12/h6-7H,2-5H2,1H3,(H2,10,12)(H,11,13)/t6-,7-/m1/s1. The number of carbonyl (C=O) groups is 2. The molecule has 0 aromatic heterocycles. The molecular formula is C9H16N2O2. The smallest absolute Gasteiger partial charge is 0.223 e. The van der Waals surface area contributed by atoms with Crippen molar-refractivity contribution >= 4 is 11.8 Å². The van der Waals surface area contributed by atoms with Crippen molar-refractivity contribution in [1.29, 1.82) is 0 Å². The first-order valence-corrected chi connectivity index (χ1v) is 4.72. The number of nitrogens with one attached hydrogen (secondary N) is 1. The molecule has 0 aliphatic heterocycles. The number of nitrogens with two attached hydrogens (primary N) is 1. The molecule has 0 radical (unpaired) electrons. The van der Waals surface area contributed by atoms with Gasteiger partial charge in [-0.25, -0.2) is 0 Å². The normalized spacial score (nSPS) is 27.2. The SMILES string of the molecule is CCNC(=O)[C@@H]1CC[C@@H](C(N)=O)C1. The van der Waals surface area contributed by atoms with Crippen LogP contribution in [0.15, 0.2) is 0 Å². The van der Waals surface area contributed by atoms with Crippen LogP contribution in [-0.2, 0) is 9.59 Å². The third-order valence-electron chi connectivity index (χ3n) is 2.56. The lowest BCUT2D eigenvalue weighted by atomic mass is 10.0. The Morgan fingerprint density at radius 2 is 2.00 bits per heavy atom. The Morgan fingerprint density at radius 1 is 1.38 bits per heavy atom. The summed E-state index contributed by atoms with van der Waals surface area (Å²) in [4.78, 5) is 22.2. The van der Waals surface area contributed by atoms with Gasteiger partial charge in [-0.1, -0.05) is 0 Å². The molecule has 0 heterocycles. The summed E-state index contributed by atoms with van der Waals surface area (Å²) < 4.78 is 0. The van der Waals surface area contributed by atoms with Crippen molar-refractivity contribution in [3.63, 3.8) is 0 Å². The fourth-order valence-corrected chi connectivity index (χ4v) is 1.80. The third kappa shape index (κ3) is 2.44. The maximum atomic E-state index is 11.4. The molecule has 1 fully saturated rings. The zero-order valence-electron chi connectivity index (χ0n) is 7.88. The van der Waals surface area contributed by atoms with E-state index in [-0.39, 0.29) is 23.7 Å². The van der Waals surface area contributed by atoms with Gasteiger partial charge in [0.15, 0.2) is 0 Å². The molecule has 2 atom stereocenters. The van der Waals surface area contributed by atoms with Crippen LogP contribution in [0.5, 0.6) is 0 Å². The summed E-state index contributed by atoms with van der Waals surface area (Å²) in [5, 5.41) is 2.76. The van der Waals surface area contributed by atoms with Gasteiger partial charge in [0.25, 0.3) is 0 Å². The van der Waals surface area contributed by atoms with Gasteiger partial charge in [0.05, 0.1) is 0 Å². The van der Waals surface area contributed by atoms with E-state index in [0.29, 0.717) is 13.0 Å². The first-order chi connectivity index (χ1) is 6.15. The molecular weight excluding hydrogens is 168 g/mol. The zero-order valence-corrected chi connectivity index (χ0v) is 7.88. The summed E-state index contributed by atoms with van der Waals surface area (Å²) in [6, 6.07) is 0. The van der Waals surface area contributed by atoms with E-state index >= 15 is 0 Å². The summed E-state index contributed by atoms with van der Waals surface area (Å²) in [7, 11) is 0. The zero-order chi connectivity index (χ0) is 9.84. The molecule has 13 heavy (non-hydrogen) atoms. The lowest BCUT2D eigenvalue weighted by Crippen LogP contribution is -2.30. The highest BCUT2D eigenvalue weighted by molar-refractivity contribution is 5.82. The van der Waals surface area contributed by atoms with Gasteiger partial charge in [-0.05, 0) is 26.2 Å². The second-order valence-electron chi connectivity index (χ2n) is 3.50. The Bertz CT molecular complexity index is 216. The highest BCUT2D eigenvalue weighted by Crippen LogP contribution is 2.30. The first kappa shape index (κ1) is 10.0. The van der Waals surface area contributed by atoms with Gasteiger partial charge in [-0.3, -0.25) is 9.59 Å². The van der Waals surface area contributed by atoms with Crippen molar-refractivity contribution in [3.05, 3.63) is 0 Å². The summed E-state index contributed by atoms with van der Waals surface area (Å²) >= 11 is 0. The van der Waals surface area contributed by atoms with Crippen molar-refractivity contribution in [1.82, 2.24) is 5.32 Å². The number of amides is 2. The fourth-order valence-electron chi connectivity index (χ4n) is 1.80. The molecule has 3 N–H and O–H groups in total. The van der Waals surface area contributed by atoms with E-state index in [4.69, 9.17) is 5.73 Å². The van der Waals surface area contributed by atoms with Crippen LogP contribution in [-0.4, -0.2) is 18.4 Å². The summed E-state index contributed by atoms with van der Waals surface area (Å²) in [5.41, 5.74) is 5.16. The van der Waals surface area contributed by atoms with Crippen molar-refractivity contribution in [2.75, 3.05) is 6.54 Å². The van der Waals surface area contributed by atoms with Gasteiger partial charge in [0.2, 0.25) is 11.8 Å². The number of hydrogen-bond acceptors (Lipinski definition) is 2. The lowest BCUT2D eigenvalue weighted by molar-refractivity contribution is -0.125. The van der Waals surface area contributed by atoms with Crippen LogP contribution in [0.2, 0.25) is 0 Å². The third-order valence-corrected chi connectivity index (χ3v) is 2.56. The Labute approximate surface area is 77.9 Å². The maximum Gasteiger partial charge on any atom is 0.223 e. The molecule has 4 nitrogen and oxygen atoms in total. The van der Waals surface area contributed by atoms with Gasteiger partial charge in [-0.15, -0.1) is 0 Å². The molecule has 4 heteroatoms. The van der Waals surface area contributed by atoms with Crippen LogP contribution in [0.4, 0.5) is 0 Å². The Kier molecular flexibility index (Phi) is 3.28. The topological polar surface area (TPSA) is 72.2 Å². The van der Waals surface area contributed by atoms with Gasteiger partial charge in [-0.2, -0.15) is 0 Å². The average Bonchev–Trinajstić information content (AvgIpc) is 2.52. The maximum absolute atomic E-state index is 11.4. The van der Waals surface area contributed by atoms with E-state index in [2.05, 4.69) is 5.32 Å². The second kappa shape index (κ2) is 4.25. The minimum absolute atomic E-state index is 0.00236. The minimum Gasteiger partial charge on any atom is -0.369 e. The van der Waals surface area contributed by atoms with E-state index in [9.17, 15) is 9.59 Å². The predicted molar refractivity (Wildman–Crippen MR) is 48.7 cm³/mol. The van der Waals surface area contributed by atoms with Crippen molar-refractivity contribution in [2.24, 2.45) is 17.6 Å². The Morgan fingerprint density at radius 3 is 2.46 bits per heavy atom. The Hall–Kier alpha value is -1.06. The molecule has 0 unspecified atom stereocenters. The van der Waals surface area contributed by atoms with E-state index in [1.807, 2.05) is 6.92 Å². The number of hydrogen-bond donors (Lipinski definition) is 2. The fraction of sp³-hybridized carbons (Fsp3) is 0.778. The highest BCUT2D eigenvalue weighted by atomic mass is 16.2. The van der Waals surface area contributed by atoms with Gasteiger partial charge < -0.3 is 11.1 Å². The first-order valence-electron chi connectivity index (χ1n) is 4.72. The van der Waals surface area contributed by atoms with Gasteiger partial charge >= 0.3 is 0 Å². The van der Waals surface area contributed by atoms with Crippen LogP contribution in [0.3, 0.4) is 0 Å². The minimum atomic E-state index is -0.271. The molecule has 0 aromatic rings. The molecule has 0 bridgehead atoms. The van der Waals surface area contributed by atoms with Crippen LogP contribution < -0.4 is 11.1 Å². The second-order valence-corrected chi connectivity index (χ2v) is 3.50. The summed E-state index contributed by atoms with van der Waals surface area (Å²) in [6.07, 6.45) is 2.18. The molecule has 0 spiro atoms. The molecule has 74 valence electrons. The van der Waals surface area contributed by atoms with Crippen molar-refractivity contribution < 1.29 is 9.59 Å². The summed E-state index contributed by atoms with van der Waals surface area (Å²) in [6.45, 7) is 2.54. The van der Waals surface area contributed by atoms with E-state index in [1.165, 1.54) is 0 Å². The number of carbonyl (C=O) groups excluding carboxylic acids is 2. The molecule has 1 aliphatic rings. The highest BCUT2D eigenvalue weighted by Gasteiger charge is 2.32. The molecule has 0 saturated heterocycles. The Balaban J connectivity index is 2.40. The molecule has 1 saturated carbocycles. The van der Waals surface area contributed by atoms with E-state index in [0.717, 1.165) is 12.8 Å². The monoisotopic (exact) mass is 184 g/mol. The number of rotatable bonds is 3. The molecule has 1 aliphatic carbocycles. The summed E-state index contributed by atoms with van der Waals surface area (Å²) in [5.74, 6) is -0.303. The van der Waals surface area contributed by atoms with E-state index in [1.54, 1.807) is 0 Å². The van der Waals surface area contributed by atoms with Crippen LogP contribution in [0, 0.1) is 11.8 Å². The van der Waals surface area contributed by atoms with E-state index < -0.39 is 0 Å². The lowest BCUT2D eigenvalue weighted by Gasteiger charge is -2.08. The number of primary amides is 1. The average molecular weight is 184 g/mol.